The highest BCUT2D eigenvalue weighted by atomic mass is 32.2. The Hall–Kier alpha value is -2.91. The van der Waals surface area contributed by atoms with E-state index >= 15 is 0 Å². The number of benzene rings is 2. The molecule has 1 saturated heterocycles. The molecule has 35 heavy (non-hydrogen) atoms. The van der Waals surface area contributed by atoms with Crippen molar-refractivity contribution in [3.05, 3.63) is 53.9 Å². The van der Waals surface area contributed by atoms with E-state index in [1.807, 2.05) is 7.05 Å². The van der Waals surface area contributed by atoms with E-state index in [0.717, 1.165) is 43.0 Å². The van der Waals surface area contributed by atoms with Crippen molar-refractivity contribution < 1.29 is 13.2 Å². The Morgan fingerprint density at radius 1 is 1.09 bits per heavy atom. The van der Waals surface area contributed by atoms with Crippen molar-refractivity contribution in [2.45, 2.75) is 63.4 Å². The molecule has 8 nitrogen and oxygen atoms in total. The summed E-state index contributed by atoms with van der Waals surface area (Å²) in [5.74, 6) is 0.825. The monoisotopic (exact) mass is 497 g/mol. The Morgan fingerprint density at radius 3 is 2.46 bits per heavy atom. The summed E-state index contributed by atoms with van der Waals surface area (Å²) in [5.41, 5.74) is 3.79. The van der Waals surface area contributed by atoms with Crippen LogP contribution in [-0.2, 0) is 34.3 Å². The quantitative estimate of drug-likeness (QED) is 0.486. The molecule has 0 radical (unpaired) electrons. The highest BCUT2D eigenvalue weighted by molar-refractivity contribution is 7.89. The third-order valence-corrected chi connectivity index (χ3v) is 7.55. The number of imidazole rings is 1. The fourth-order valence-electron chi connectivity index (χ4n) is 4.74. The van der Waals surface area contributed by atoms with E-state index in [0.29, 0.717) is 24.9 Å². The highest BCUT2D eigenvalue weighted by Crippen LogP contribution is 2.23. The minimum absolute atomic E-state index is 0.0415. The standard InChI is InChI=1S/C26H35N5O3S/c1-3-15-31-24-12-11-22(35(27,33)34)18-23(24)28-25(31)13-14-26(32)29(2)19-20-7-9-21(10-8-20)30-16-5-4-6-17-30/h7-12,18H,3-6,13-17,19H2,1-2H3,(H2,27,33,34). The lowest BCUT2D eigenvalue weighted by Gasteiger charge is -2.29. The van der Waals surface area contributed by atoms with E-state index in [1.54, 1.807) is 11.0 Å². The number of nitrogens with zero attached hydrogens (tertiary/aromatic N) is 4. The van der Waals surface area contributed by atoms with E-state index in [9.17, 15) is 13.2 Å². The molecule has 3 aromatic rings. The number of nitrogens with two attached hydrogens (primary N) is 1. The second kappa shape index (κ2) is 10.8. The average molecular weight is 498 g/mol. The van der Waals surface area contributed by atoms with Gasteiger partial charge in [-0.1, -0.05) is 19.1 Å². The van der Waals surface area contributed by atoms with Gasteiger partial charge in [0.1, 0.15) is 5.82 Å². The van der Waals surface area contributed by atoms with Crippen LogP contribution in [0.4, 0.5) is 5.69 Å². The van der Waals surface area contributed by atoms with Gasteiger partial charge in [-0.15, -0.1) is 0 Å². The van der Waals surface area contributed by atoms with Crippen LogP contribution in [0.2, 0.25) is 0 Å². The van der Waals surface area contributed by atoms with Gasteiger partial charge in [0, 0.05) is 51.8 Å². The first kappa shape index (κ1) is 25.2. The van der Waals surface area contributed by atoms with Crippen LogP contribution in [0.1, 0.15) is 50.4 Å². The van der Waals surface area contributed by atoms with Gasteiger partial charge in [0.15, 0.2) is 0 Å². The summed E-state index contributed by atoms with van der Waals surface area (Å²) in [6.45, 7) is 5.60. The predicted octanol–water partition coefficient (Wildman–Crippen LogP) is 3.68. The lowest BCUT2D eigenvalue weighted by atomic mass is 10.1. The summed E-state index contributed by atoms with van der Waals surface area (Å²) in [5, 5.41) is 5.28. The third kappa shape index (κ3) is 6.02. The molecule has 2 aromatic carbocycles. The van der Waals surface area contributed by atoms with E-state index in [2.05, 4.69) is 45.6 Å². The van der Waals surface area contributed by atoms with Crippen molar-refractivity contribution in [3.63, 3.8) is 0 Å². The van der Waals surface area contributed by atoms with Crippen molar-refractivity contribution in [2.75, 3.05) is 25.0 Å². The molecule has 2 heterocycles. The maximum Gasteiger partial charge on any atom is 0.238 e. The lowest BCUT2D eigenvalue weighted by molar-refractivity contribution is -0.130. The number of carbonyl (C=O) groups excluding carboxylic acids is 1. The van der Waals surface area contributed by atoms with Crippen LogP contribution in [0.5, 0.6) is 0 Å². The van der Waals surface area contributed by atoms with Crippen LogP contribution < -0.4 is 10.0 Å². The Balaban J connectivity index is 1.40. The third-order valence-electron chi connectivity index (χ3n) is 6.64. The lowest BCUT2D eigenvalue weighted by Crippen LogP contribution is -2.29. The molecule has 1 aliphatic rings. The molecule has 0 unspecified atom stereocenters. The number of hydrogen-bond donors (Lipinski definition) is 1. The van der Waals surface area contributed by atoms with Gasteiger partial charge in [0.25, 0.3) is 0 Å². The molecule has 0 spiro atoms. The van der Waals surface area contributed by atoms with Crippen LogP contribution >= 0.6 is 0 Å². The average Bonchev–Trinajstić information content (AvgIpc) is 3.20. The zero-order chi connectivity index (χ0) is 25.0. The number of anilines is 1. The maximum absolute atomic E-state index is 12.9. The van der Waals surface area contributed by atoms with Crippen LogP contribution in [0.25, 0.3) is 11.0 Å². The van der Waals surface area contributed by atoms with Crippen LogP contribution in [0, 0.1) is 0 Å². The van der Waals surface area contributed by atoms with Crippen molar-refractivity contribution in [1.29, 1.82) is 0 Å². The largest absolute Gasteiger partial charge is 0.372 e. The van der Waals surface area contributed by atoms with E-state index in [4.69, 9.17) is 5.14 Å². The normalized spacial score (nSPS) is 14.4. The second-order valence-electron chi connectivity index (χ2n) is 9.34. The molecule has 0 aliphatic carbocycles. The molecule has 1 aromatic heterocycles. The van der Waals surface area contributed by atoms with Gasteiger partial charge >= 0.3 is 0 Å². The summed E-state index contributed by atoms with van der Waals surface area (Å²) < 4.78 is 25.5. The summed E-state index contributed by atoms with van der Waals surface area (Å²) in [7, 11) is -1.97. The Labute approximate surface area is 207 Å². The number of amides is 1. The topological polar surface area (TPSA) is 102 Å². The first-order chi connectivity index (χ1) is 16.8. The minimum atomic E-state index is -3.80. The van der Waals surface area contributed by atoms with Crippen molar-refractivity contribution >= 4 is 32.7 Å². The molecule has 1 aliphatic heterocycles. The Morgan fingerprint density at radius 2 is 1.80 bits per heavy atom. The summed E-state index contributed by atoms with van der Waals surface area (Å²) in [6, 6.07) is 13.3. The Bertz CT molecular complexity index is 1280. The number of aryl methyl sites for hydroxylation is 2. The fourth-order valence-corrected chi connectivity index (χ4v) is 5.27. The van der Waals surface area contributed by atoms with E-state index < -0.39 is 10.0 Å². The molecule has 1 fully saturated rings. The van der Waals surface area contributed by atoms with Crippen molar-refractivity contribution in [2.24, 2.45) is 5.14 Å². The number of primary sulfonamides is 1. The van der Waals surface area contributed by atoms with Gasteiger partial charge in [0.2, 0.25) is 15.9 Å². The van der Waals surface area contributed by atoms with Gasteiger partial charge in [-0.05, 0) is 61.6 Å². The zero-order valence-electron chi connectivity index (χ0n) is 20.6. The van der Waals surface area contributed by atoms with Gasteiger partial charge in [0.05, 0.1) is 15.9 Å². The number of sulfonamides is 1. The zero-order valence-corrected chi connectivity index (χ0v) is 21.4. The fraction of sp³-hybridized carbons (Fsp3) is 0.462. The van der Waals surface area contributed by atoms with Crippen molar-refractivity contribution in [1.82, 2.24) is 14.5 Å². The van der Waals surface area contributed by atoms with Crippen molar-refractivity contribution in [3.8, 4) is 0 Å². The number of piperidine rings is 1. The van der Waals surface area contributed by atoms with Gasteiger partial charge in [-0.25, -0.2) is 18.5 Å². The van der Waals surface area contributed by atoms with Crippen LogP contribution in [0.3, 0.4) is 0 Å². The first-order valence-corrected chi connectivity index (χ1v) is 13.9. The minimum Gasteiger partial charge on any atom is -0.372 e. The molecular weight excluding hydrogens is 462 g/mol. The smallest absolute Gasteiger partial charge is 0.238 e. The van der Waals surface area contributed by atoms with E-state index in [-0.39, 0.29) is 10.8 Å². The summed E-state index contributed by atoms with van der Waals surface area (Å²) in [4.78, 5) is 21.8. The number of hydrogen-bond acceptors (Lipinski definition) is 5. The van der Waals surface area contributed by atoms with Gasteiger partial charge in [-0.3, -0.25) is 4.79 Å². The molecule has 0 atom stereocenters. The predicted molar refractivity (Wildman–Crippen MR) is 139 cm³/mol. The number of rotatable bonds is 9. The molecule has 0 bridgehead atoms. The number of aromatic nitrogens is 2. The SMILES string of the molecule is CCCn1c(CCC(=O)N(C)Cc2ccc(N3CCCCC3)cc2)nc2cc(S(N)(=O)=O)ccc21. The molecular formula is C26H35N5O3S. The molecule has 4 rings (SSSR count). The summed E-state index contributed by atoms with van der Waals surface area (Å²) in [6.07, 6.45) is 5.52. The number of fused-ring (bicyclic) bond motifs is 1. The molecule has 0 saturated carbocycles. The molecule has 188 valence electrons. The molecule has 1 amide bonds. The molecule has 9 heteroatoms. The number of carbonyl (C=O) groups is 1. The first-order valence-electron chi connectivity index (χ1n) is 12.4. The van der Waals surface area contributed by atoms with Gasteiger partial charge in [-0.2, -0.15) is 0 Å². The van der Waals surface area contributed by atoms with Gasteiger partial charge < -0.3 is 14.4 Å². The van der Waals surface area contributed by atoms with Crippen LogP contribution in [0.15, 0.2) is 47.4 Å². The second-order valence-corrected chi connectivity index (χ2v) is 10.9. The van der Waals surface area contributed by atoms with E-state index in [1.165, 1.54) is 37.1 Å². The molecule has 2 N–H and O–H groups in total. The summed E-state index contributed by atoms with van der Waals surface area (Å²) >= 11 is 0. The maximum atomic E-state index is 12.9. The highest BCUT2D eigenvalue weighted by Gasteiger charge is 2.17. The van der Waals surface area contributed by atoms with Crippen LogP contribution in [-0.4, -0.2) is 48.9 Å². The Kier molecular flexibility index (Phi) is 7.76.